The summed E-state index contributed by atoms with van der Waals surface area (Å²) in [5.41, 5.74) is -0.154. The minimum atomic E-state index is -0.823. The summed E-state index contributed by atoms with van der Waals surface area (Å²) >= 11 is 0. The van der Waals surface area contributed by atoms with E-state index in [-0.39, 0.29) is 11.3 Å². The number of nitrogens with zero attached hydrogens (tertiary/aromatic N) is 3. The summed E-state index contributed by atoms with van der Waals surface area (Å²) < 4.78 is 5.18. The molecule has 0 aromatic carbocycles. The zero-order valence-electron chi connectivity index (χ0n) is 13.3. The Morgan fingerprint density at radius 1 is 1.41 bits per heavy atom. The van der Waals surface area contributed by atoms with E-state index in [1.807, 2.05) is 20.8 Å². The smallest absolute Gasteiger partial charge is 0.308 e. The number of rotatable bonds is 5. The summed E-state index contributed by atoms with van der Waals surface area (Å²) in [6.07, 6.45) is 2.10. The highest BCUT2D eigenvalue weighted by atomic mass is 16.5. The molecule has 1 aliphatic heterocycles. The maximum atomic E-state index is 12.0. The minimum Gasteiger partial charge on any atom is -0.481 e. The molecule has 122 valence electrons. The molecule has 2 rings (SSSR count). The molecule has 22 heavy (non-hydrogen) atoms. The van der Waals surface area contributed by atoms with Gasteiger partial charge in [-0.3, -0.25) is 9.59 Å². The van der Waals surface area contributed by atoms with Crippen LogP contribution in [0.4, 0.5) is 0 Å². The number of carboxylic acids is 1. The summed E-state index contributed by atoms with van der Waals surface area (Å²) in [5, 5.41) is 12.9. The van der Waals surface area contributed by atoms with E-state index in [0.29, 0.717) is 50.5 Å². The van der Waals surface area contributed by atoms with E-state index in [1.54, 1.807) is 4.90 Å². The van der Waals surface area contributed by atoms with Gasteiger partial charge in [-0.1, -0.05) is 25.9 Å². The first-order valence-electron chi connectivity index (χ1n) is 7.61. The van der Waals surface area contributed by atoms with E-state index in [9.17, 15) is 9.59 Å². The van der Waals surface area contributed by atoms with Crippen LogP contribution in [0.1, 0.15) is 51.7 Å². The first kappa shape index (κ1) is 16.5. The highest BCUT2D eigenvalue weighted by Crippen LogP contribution is 2.20. The van der Waals surface area contributed by atoms with Gasteiger partial charge < -0.3 is 14.5 Å². The normalized spacial score (nSPS) is 18.7. The van der Waals surface area contributed by atoms with Crippen molar-refractivity contribution in [2.75, 3.05) is 13.1 Å². The van der Waals surface area contributed by atoms with Gasteiger partial charge in [-0.05, 0) is 12.8 Å². The molecule has 1 aromatic heterocycles. The highest BCUT2D eigenvalue weighted by molar-refractivity contribution is 5.78. The lowest BCUT2D eigenvalue weighted by molar-refractivity contribution is -0.141. The maximum Gasteiger partial charge on any atom is 0.308 e. The predicted molar refractivity (Wildman–Crippen MR) is 78.3 cm³/mol. The lowest BCUT2D eigenvalue weighted by Crippen LogP contribution is -2.29. The third-order valence-corrected chi connectivity index (χ3v) is 3.81. The molecule has 0 saturated carbocycles. The molecule has 7 heteroatoms. The second-order valence-corrected chi connectivity index (χ2v) is 6.78. The maximum absolute atomic E-state index is 12.0. The van der Waals surface area contributed by atoms with Gasteiger partial charge in [0.15, 0.2) is 5.82 Å². The fourth-order valence-electron chi connectivity index (χ4n) is 2.40. The van der Waals surface area contributed by atoms with Gasteiger partial charge in [-0.25, -0.2) is 0 Å². The molecule has 1 N–H and O–H groups in total. The molecule has 1 saturated heterocycles. The van der Waals surface area contributed by atoms with Crippen molar-refractivity contribution in [3.63, 3.8) is 0 Å². The average molecular weight is 309 g/mol. The number of hydrogen-bond donors (Lipinski definition) is 1. The number of aliphatic carboxylic acids is 1. The Morgan fingerprint density at radius 2 is 2.14 bits per heavy atom. The standard InChI is InChI=1S/C15H23N3O4/c1-15(2,3)14-16-11(22-17-14)5-4-6-12(19)18-8-7-10(9-18)13(20)21/h10H,4-9H2,1-3H3,(H,20,21)/t10-/m0/s1. The first-order chi connectivity index (χ1) is 10.3. The van der Waals surface area contributed by atoms with E-state index >= 15 is 0 Å². The number of hydrogen-bond acceptors (Lipinski definition) is 5. The van der Waals surface area contributed by atoms with E-state index in [4.69, 9.17) is 9.63 Å². The van der Waals surface area contributed by atoms with Crippen LogP contribution in [-0.2, 0) is 21.4 Å². The number of carbonyl (C=O) groups excluding carboxylic acids is 1. The lowest BCUT2D eigenvalue weighted by atomic mass is 9.96. The Hall–Kier alpha value is -1.92. The van der Waals surface area contributed by atoms with Crippen molar-refractivity contribution in [1.82, 2.24) is 15.0 Å². The van der Waals surface area contributed by atoms with Crippen LogP contribution in [0.3, 0.4) is 0 Å². The first-order valence-corrected chi connectivity index (χ1v) is 7.61. The zero-order valence-corrected chi connectivity index (χ0v) is 13.3. The summed E-state index contributed by atoms with van der Waals surface area (Å²) in [6.45, 7) is 6.89. The van der Waals surface area contributed by atoms with Crippen LogP contribution in [0.25, 0.3) is 0 Å². The summed E-state index contributed by atoms with van der Waals surface area (Å²) in [5.74, 6) is -0.0374. The molecular formula is C15H23N3O4. The minimum absolute atomic E-state index is 0.000639. The van der Waals surface area contributed by atoms with E-state index in [0.717, 1.165) is 0 Å². The van der Waals surface area contributed by atoms with Crippen molar-refractivity contribution in [3.05, 3.63) is 11.7 Å². The molecule has 1 aromatic rings. The highest BCUT2D eigenvalue weighted by Gasteiger charge is 2.30. The van der Waals surface area contributed by atoms with Crippen LogP contribution < -0.4 is 0 Å². The summed E-state index contributed by atoms with van der Waals surface area (Å²) in [7, 11) is 0. The van der Waals surface area contributed by atoms with Gasteiger partial charge in [0.2, 0.25) is 11.8 Å². The predicted octanol–water partition coefficient (Wildman–Crippen LogP) is 1.62. The van der Waals surface area contributed by atoms with Crippen LogP contribution in [0.5, 0.6) is 0 Å². The Kier molecular flexibility index (Phi) is 4.83. The summed E-state index contributed by atoms with van der Waals surface area (Å²) in [6, 6.07) is 0. The molecule has 7 nitrogen and oxygen atoms in total. The van der Waals surface area contributed by atoms with E-state index < -0.39 is 11.9 Å². The van der Waals surface area contributed by atoms with Crippen LogP contribution in [0.2, 0.25) is 0 Å². The van der Waals surface area contributed by atoms with Crippen molar-refractivity contribution in [3.8, 4) is 0 Å². The summed E-state index contributed by atoms with van der Waals surface area (Å²) in [4.78, 5) is 28.9. The number of amides is 1. The Bertz CT molecular complexity index is 547. The number of likely N-dealkylation sites (tertiary alicyclic amines) is 1. The average Bonchev–Trinajstić information content (AvgIpc) is 3.07. The molecule has 0 aliphatic carbocycles. The van der Waals surface area contributed by atoms with E-state index in [2.05, 4.69) is 10.1 Å². The Morgan fingerprint density at radius 3 is 2.68 bits per heavy atom. The number of aryl methyl sites for hydroxylation is 1. The molecule has 1 atom stereocenters. The van der Waals surface area contributed by atoms with Crippen LogP contribution in [0.15, 0.2) is 4.52 Å². The van der Waals surface area contributed by atoms with Crippen molar-refractivity contribution < 1.29 is 19.2 Å². The van der Waals surface area contributed by atoms with Gasteiger partial charge in [-0.15, -0.1) is 0 Å². The van der Waals surface area contributed by atoms with Gasteiger partial charge >= 0.3 is 5.97 Å². The quantitative estimate of drug-likeness (QED) is 0.888. The van der Waals surface area contributed by atoms with Gasteiger partial charge in [-0.2, -0.15) is 4.98 Å². The van der Waals surface area contributed by atoms with Gasteiger partial charge in [0.1, 0.15) is 0 Å². The van der Waals surface area contributed by atoms with Crippen LogP contribution in [0, 0.1) is 5.92 Å². The molecule has 1 aliphatic rings. The number of aromatic nitrogens is 2. The molecule has 0 unspecified atom stereocenters. The third-order valence-electron chi connectivity index (χ3n) is 3.81. The van der Waals surface area contributed by atoms with Crippen molar-refractivity contribution >= 4 is 11.9 Å². The van der Waals surface area contributed by atoms with Crippen LogP contribution in [-0.4, -0.2) is 45.1 Å². The zero-order chi connectivity index (χ0) is 16.3. The molecule has 0 spiro atoms. The van der Waals surface area contributed by atoms with Crippen LogP contribution >= 0.6 is 0 Å². The molecule has 0 radical (unpaired) electrons. The number of carbonyl (C=O) groups is 2. The number of carboxylic acid groups (broad SMARTS) is 1. The van der Waals surface area contributed by atoms with Gasteiger partial charge in [0.05, 0.1) is 5.92 Å². The van der Waals surface area contributed by atoms with E-state index in [1.165, 1.54) is 0 Å². The topological polar surface area (TPSA) is 96.5 Å². The second kappa shape index (κ2) is 6.46. The molecule has 0 bridgehead atoms. The van der Waals surface area contributed by atoms with Gasteiger partial charge in [0.25, 0.3) is 0 Å². The molecule has 2 heterocycles. The largest absolute Gasteiger partial charge is 0.481 e. The van der Waals surface area contributed by atoms with Crippen molar-refractivity contribution in [2.24, 2.45) is 5.92 Å². The lowest BCUT2D eigenvalue weighted by Gasteiger charge is -2.15. The second-order valence-electron chi connectivity index (χ2n) is 6.78. The molecular weight excluding hydrogens is 286 g/mol. The SMILES string of the molecule is CC(C)(C)c1noc(CCCC(=O)N2CC[C@H](C(=O)O)C2)n1. The Labute approximate surface area is 129 Å². The fourth-order valence-corrected chi connectivity index (χ4v) is 2.40. The third kappa shape index (κ3) is 4.05. The van der Waals surface area contributed by atoms with Gasteiger partial charge in [0, 0.05) is 31.3 Å². The molecule has 1 fully saturated rings. The Balaban J connectivity index is 1.76. The van der Waals surface area contributed by atoms with Crippen molar-refractivity contribution in [2.45, 2.75) is 51.9 Å². The van der Waals surface area contributed by atoms with Crippen molar-refractivity contribution in [1.29, 1.82) is 0 Å². The molecule has 1 amide bonds. The monoisotopic (exact) mass is 309 g/mol. The fraction of sp³-hybridized carbons (Fsp3) is 0.733.